The number of hydrogen-bond donors (Lipinski definition) is 0. The fourth-order valence-corrected chi connectivity index (χ4v) is 3.31. The van der Waals surface area contributed by atoms with E-state index in [9.17, 15) is 4.79 Å². The summed E-state index contributed by atoms with van der Waals surface area (Å²) in [5.74, 6) is 1.75. The fraction of sp³-hybridized carbons (Fsp3) is 0.526. The molecular weight excluding hydrogens is 302 g/mol. The van der Waals surface area contributed by atoms with Crippen molar-refractivity contribution in [3.63, 3.8) is 0 Å². The molecule has 2 aromatic rings. The van der Waals surface area contributed by atoms with Crippen LogP contribution in [0.4, 0.5) is 0 Å². The highest BCUT2D eigenvalue weighted by Crippen LogP contribution is 2.27. The van der Waals surface area contributed by atoms with E-state index in [0.29, 0.717) is 30.6 Å². The van der Waals surface area contributed by atoms with Gasteiger partial charge in [0, 0.05) is 19.0 Å². The number of aryl methyl sites for hydroxylation is 1. The third-order valence-corrected chi connectivity index (χ3v) is 4.73. The van der Waals surface area contributed by atoms with Gasteiger partial charge >= 0.3 is 0 Å². The normalized spacial score (nSPS) is 15.4. The zero-order valence-corrected chi connectivity index (χ0v) is 14.5. The Labute approximate surface area is 143 Å². The second kappa shape index (κ2) is 7.60. The van der Waals surface area contributed by atoms with E-state index in [1.165, 1.54) is 32.1 Å². The van der Waals surface area contributed by atoms with Gasteiger partial charge in [-0.25, -0.2) is 0 Å². The Kier molecular flexibility index (Phi) is 5.28. The van der Waals surface area contributed by atoms with Crippen molar-refractivity contribution < 1.29 is 9.32 Å². The van der Waals surface area contributed by atoms with Gasteiger partial charge in [-0.15, -0.1) is 0 Å². The Morgan fingerprint density at radius 2 is 2.08 bits per heavy atom. The molecule has 1 heterocycles. The fourth-order valence-electron chi connectivity index (χ4n) is 3.31. The van der Waals surface area contributed by atoms with Crippen LogP contribution in [0.2, 0.25) is 0 Å². The van der Waals surface area contributed by atoms with Crippen molar-refractivity contribution in [1.29, 1.82) is 0 Å². The predicted molar refractivity (Wildman–Crippen MR) is 92.1 cm³/mol. The van der Waals surface area contributed by atoms with Crippen molar-refractivity contribution in [3.8, 4) is 11.4 Å². The minimum Gasteiger partial charge on any atom is -0.337 e. The summed E-state index contributed by atoms with van der Waals surface area (Å²) in [5, 5.41) is 4.03. The van der Waals surface area contributed by atoms with Gasteiger partial charge in [0.2, 0.25) is 17.6 Å². The van der Waals surface area contributed by atoms with Gasteiger partial charge in [0.25, 0.3) is 0 Å². The molecular formula is C19H25N3O2. The van der Waals surface area contributed by atoms with Gasteiger partial charge in [-0.05, 0) is 31.7 Å². The van der Waals surface area contributed by atoms with E-state index in [-0.39, 0.29) is 5.91 Å². The van der Waals surface area contributed by atoms with E-state index >= 15 is 0 Å². The summed E-state index contributed by atoms with van der Waals surface area (Å²) < 4.78 is 5.31. The zero-order valence-electron chi connectivity index (χ0n) is 14.5. The van der Waals surface area contributed by atoms with Crippen molar-refractivity contribution in [1.82, 2.24) is 15.0 Å². The zero-order chi connectivity index (χ0) is 16.9. The lowest BCUT2D eigenvalue weighted by Gasteiger charge is -2.23. The first-order valence-electron chi connectivity index (χ1n) is 8.75. The van der Waals surface area contributed by atoms with Gasteiger partial charge in [0.05, 0.1) is 6.54 Å². The summed E-state index contributed by atoms with van der Waals surface area (Å²) in [5.41, 5.74) is 2.08. The molecule has 5 heteroatoms. The summed E-state index contributed by atoms with van der Waals surface area (Å²) in [4.78, 5) is 18.5. The second-order valence-corrected chi connectivity index (χ2v) is 6.84. The average molecular weight is 327 g/mol. The van der Waals surface area contributed by atoms with Crippen LogP contribution >= 0.6 is 0 Å². The van der Waals surface area contributed by atoms with E-state index < -0.39 is 0 Å². The molecule has 1 aliphatic carbocycles. The van der Waals surface area contributed by atoms with Crippen molar-refractivity contribution in [2.24, 2.45) is 5.92 Å². The van der Waals surface area contributed by atoms with Crippen LogP contribution in [0.3, 0.4) is 0 Å². The number of rotatable bonds is 5. The summed E-state index contributed by atoms with van der Waals surface area (Å²) in [6, 6.07) is 7.98. The van der Waals surface area contributed by atoms with Crippen LogP contribution < -0.4 is 0 Å². The third kappa shape index (κ3) is 4.22. The molecule has 0 saturated heterocycles. The molecule has 1 aromatic heterocycles. The molecule has 0 radical (unpaired) electrons. The van der Waals surface area contributed by atoms with Gasteiger partial charge in [0.1, 0.15) is 0 Å². The molecule has 0 bridgehead atoms. The first-order valence-corrected chi connectivity index (χ1v) is 8.75. The van der Waals surface area contributed by atoms with E-state index in [1.54, 1.807) is 4.90 Å². The van der Waals surface area contributed by atoms with Gasteiger partial charge < -0.3 is 9.42 Å². The summed E-state index contributed by atoms with van der Waals surface area (Å²) in [6.07, 6.45) is 6.81. The number of carbonyl (C=O) groups excluding carboxylic acids is 1. The highest BCUT2D eigenvalue weighted by Gasteiger charge is 2.20. The first kappa shape index (κ1) is 16.7. The van der Waals surface area contributed by atoms with Crippen molar-refractivity contribution in [2.45, 2.75) is 52.0 Å². The van der Waals surface area contributed by atoms with Crippen LogP contribution in [0, 0.1) is 12.8 Å². The maximum Gasteiger partial charge on any atom is 0.246 e. The Hall–Kier alpha value is -2.17. The molecule has 128 valence electrons. The smallest absolute Gasteiger partial charge is 0.246 e. The van der Waals surface area contributed by atoms with Crippen LogP contribution in [-0.4, -0.2) is 28.0 Å². The van der Waals surface area contributed by atoms with E-state index in [4.69, 9.17) is 4.52 Å². The molecule has 0 unspecified atom stereocenters. The minimum absolute atomic E-state index is 0.164. The average Bonchev–Trinajstić information content (AvgIpc) is 3.04. The van der Waals surface area contributed by atoms with Crippen molar-refractivity contribution in [3.05, 3.63) is 35.7 Å². The van der Waals surface area contributed by atoms with E-state index in [2.05, 4.69) is 10.1 Å². The predicted octanol–water partition coefficient (Wildman–Crippen LogP) is 3.97. The van der Waals surface area contributed by atoms with Gasteiger partial charge in [-0.3, -0.25) is 4.79 Å². The Balaban J connectivity index is 1.58. The number of aromatic nitrogens is 2. The van der Waals surface area contributed by atoms with Crippen LogP contribution in [0.5, 0.6) is 0 Å². The number of benzene rings is 1. The molecule has 5 nitrogen and oxygen atoms in total. The lowest BCUT2D eigenvalue weighted by Crippen LogP contribution is -2.28. The number of amides is 1. The highest BCUT2D eigenvalue weighted by atomic mass is 16.5. The van der Waals surface area contributed by atoms with Crippen molar-refractivity contribution in [2.75, 3.05) is 7.05 Å². The lowest BCUT2D eigenvalue weighted by atomic mass is 9.87. The first-order chi connectivity index (χ1) is 11.6. The summed E-state index contributed by atoms with van der Waals surface area (Å²) in [6.45, 7) is 2.40. The molecule has 1 fully saturated rings. The Morgan fingerprint density at radius 3 is 2.83 bits per heavy atom. The van der Waals surface area contributed by atoms with E-state index in [0.717, 1.165) is 11.1 Å². The molecule has 1 aliphatic rings. The molecule has 3 rings (SSSR count). The van der Waals surface area contributed by atoms with Gasteiger partial charge in [-0.2, -0.15) is 4.98 Å². The number of carbonyl (C=O) groups is 1. The molecule has 1 saturated carbocycles. The summed E-state index contributed by atoms with van der Waals surface area (Å²) in [7, 11) is 1.81. The molecule has 24 heavy (non-hydrogen) atoms. The molecule has 0 aliphatic heterocycles. The van der Waals surface area contributed by atoms with Crippen molar-refractivity contribution >= 4 is 5.91 Å². The van der Waals surface area contributed by atoms with Crippen LogP contribution in [-0.2, 0) is 11.3 Å². The third-order valence-electron chi connectivity index (χ3n) is 4.73. The minimum atomic E-state index is 0.164. The highest BCUT2D eigenvalue weighted by molar-refractivity contribution is 5.76. The quantitative estimate of drug-likeness (QED) is 0.833. The monoisotopic (exact) mass is 327 g/mol. The Bertz CT molecular complexity index is 689. The maximum atomic E-state index is 12.4. The standard InChI is InChI=1S/C19H25N3O2/c1-14-7-6-10-16(11-14)19-20-17(24-21-19)13-22(2)18(23)12-15-8-4-3-5-9-15/h6-7,10-11,15H,3-5,8-9,12-13H2,1-2H3. The number of nitrogens with zero attached hydrogens (tertiary/aromatic N) is 3. The second-order valence-electron chi connectivity index (χ2n) is 6.84. The summed E-state index contributed by atoms with van der Waals surface area (Å²) >= 11 is 0. The van der Waals surface area contributed by atoms with Crippen LogP contribution in [0.25, 0.3) is 11.4 Å². The van der Waals surface area contributed by atoms with Gasteiger partial charge in [0.15, 0.2) is 0 Å². The van der Waals surface area contributed by atoms with Crippen LogP contribution in [0.15, 0.2) is 28.8 Å². The Morgan fingerprint density at radius 1 is 1.29 bits per heavy atom. The molecule has 0 atom stereocenters. The largest absolute Gasteiger partial charge is 0.337 e. The number of hydrogen-bond acceptors (Lipinski definition) is 4. The SMILES string of the molecule is Cc1cccc(-c2noc(CN(C)C(=O)CC3CCCCC3)n2)c1. The lowest BCUT2D eigenvalue weighted by molar-refractivity contribution is -0.132. The van der Waals surface area contributed by atoms with Crippen LogP contribution in [0.1, 0.15) is 50.0 Å². The molecule has 0 N–H and O–H groups in total. The maximum absolute atomic E-state index is 12.4. The topological polar surface area (TPSA) is 59.2 Å². The molecule has 1 amide bonds. The molecule has 1 aromatic carbocycles. The molecule has 0 spiro atoms. The van der Waals surface area contributed by atoms with E-state index in [1.807, 2.05) is 38.2 Å². The van der Waals surface area contributed by atoms with Gasteiger partial charge in [-0.1, -0.05) is 48.2 Å².